The van der Waals surface area contributed by atoms with Gasteiger partial charge >= 0.3 is 0 Å². The summed E-state index contributed by atoms with van der Waals surface area (Å²) in [6, 6.07) is 1.73. The molecule has 0 unspecified atom stereocenters. The van der Waals surface area contributed by atoms with E-state index in [0.717, 1.165) is 25.2 Å². The van der Waals surface area contributed by atoms with Crippen LogP contribution < -0.4 is 11.1 Å². The maximum atomic E-state index is 12.3. The molecule has 3 rings (SSSR count). The van der Waals surface area contributed by atoms with Crippen molar-refractivity contribution in [2.24, 2.45) is 0 Å². The molecule has 0 aromatic carbocycles. The van der Waals surface area contributed by atoms with Crippen LogP contribution >= 0.6 is 0 Å². The van der Waals surface area contributed by atoms with Crippen molar-refractivity contribution in [3.8, 4) is 0 Å². The molecule has 8 nitrogen and oxygen atoms in total. The molecule has 0 radical (unpaired) electrons. The molecule has 0 aliphatic heterocycles. The standard InChI is InChI=1S/C17H23N7O/c1-3-14-19-7-9-23(14)8-5-6-20-16(25)12-10-13-15(21-11-12)24(4-2)17(18)22-13/h7,9-11H,3-6,8H2,1-2H3,(H2,18,22)(H,20,25). The summed E-state index contributed by atoms with van der Waals surface area (Å²) in [5.74, 6) is 1.32. The molecule has 8 heteroatoms. The Labute approximate surface area is 146 Å². The third-order valence-electron chi connectivity index (χ3n) is 4.17. The lowest BCUT2D eigenvalue weighted by atomic mass is 10.2. The van der Waals surface area contributed by atoms with Gasteiger partial charge in [0.2, 0.25) is 5.95 Å². The second-order valence-corrected chi connectivity index (χ2v) is 5.78. The Hall–Kier alpha value is -2.90. The van der Waals surface area contributed by atoms with E-state index in [1.807, 2.05) is 17.7 Å². The molecular formula is C17H23N7O. The van der Waals surface area contributed by atoms with Crippen molar-refractivity contribution < 1.29 is 4.79 Å². The predicted octanol–water partition coefficient (Wildman–Crippen LogP) is 1.61. The summed E-state index contributed by atoms with van der Waals surface area (Å²) in [6.07, 6.45) is 7.07. The Bertz CT molecular complexity index is 880. The number of aromatic nitrogens is 5. The number of nitrogens with two attached hydrogens (primary N) is 1. The number of nitrogens with one attached hydrogen (secondary N) is 1. The summed E-state index contributed by atoms with van der Waals surface area (Å²) in [7, 11) is 0. The number of carbonyl (C=O) groups is 1. The van der Waals surface area contributed by atoms with Crippen molar-refractivity contribution in [1.82, 2.24) is 29.4 Å². The SMILES string of the molecule is CCc1nccn1CCCNC(=O)c1cnc2c(c1)nc(N)n2CC. The summed E-state index contributed by atoms with van der Waals surface area (Å²) in [5, 5.41) is 2.92. The smallest absolute Gasteiger partial charge is 0.252 e. The van der Waals surface area contributed by atoms with Gasteiger partial charge in [-0.05, 0) is 19.4 Å². The van der Waals surface area contributed by atoms with Crippen LogP contribution in [0.25, 0.3) is 11.2 Å². The first-order chi connectivity index (χ1) is 12.1. The van der Waals surface area contributed by atoms with E-state index in [9.17, 15) is 4.79 Å². The molecule has 3 aromatic heterocycles. The Morgan fingerprint density at radius 3 is 2.92 bits per heavy atom. The Kier molecular flexibility index (Phi) is 4.97. The number of nitrogens with zero attached hydrogens (tertiary/aromatic N) is 5. The van der Waals surface area contributed by atoms with Gasteiger partial charge in [-0.1, -0.05) is 6.92 Å². The van der Waals surface area contributed by atoms with Crippen molar-refractivity contribution in [2.75, 3.05) is 12.3 Å². The van der Waals surface area contributed by atoms with E-state index < -0.39 is 0 Å². The fourth-order valence-electron chi connectivity index (χ4n) is 2.88. The van der Waals surface area contributed by atoms with E-state index in [4.69, 9.17) is 5.73 Å². The second-order valence-electron chi connectivity index (χ2n) is 5.78. The summed E-state index contributed by atoms with van der Waals surface area (Å²) in [4.78, 5) is 25.2. The molecule has 3 N–H and O–H groups in total. The van der Waals surface area contributed by atoms with Crippen LogP contribution in [0.4, 0.5) is 5.95 Å². The molecule has 1 amide bonds. The zero-order valence-corrected chi connectivity index (χ0v) is 14.6. The lowest BCUT2D eigenvalue weighted by Gasteiger charge is -2.08. The second kappa shape index (κ2) is 7.33. The molecule has 0 aliphatic carbocycles. The molecule has 132 valence electrons. The molecular weight excluding hydrogens is 318 g/mol. The third kappa shape index (κ3) is 3.47. The highest BCUT2D eigenvalue weighted by molar-refractivity contribution is 5.96. The van der Waals surface area contributed by atoms with E-state index in [1.165, 1.54) is 0 Å². The largest absolute Gasteiger partial charge is 0.369 e. The average Bonchev–Trinajstić information content (AvgIpc) is 3.20. The van der Waals surface area contributed by atoms with Gasteiger partial charge in [0.05, 0.1) is 5.56 Å². The zero-order valence-electron chi connectivity index (χ0n) is 14.6. The van der Waals surface area contributed by atoms with Crippen LogP contribution in [-0.2, 0) is 19.5 Å². The molecule has 3 heterocycles. The number of hydrogen-bond acceptors (Lipinski definition) is 5. The highest BCUT2D eigenvalue weighted by Gasteiger charge is 2.12. The number of aryl methyl sites for hydroxylation is 3. The minimum atomic E-state index is -0.152. The highest BCUT2D eigenvalue weighted by atomic mass is 16.1. The van der Waals surface area contributed by atoms with Crippen LogP contribution in [0.3, 0.4) is 0 Å². The van der Waals surface area contributed by atoms with Crippen LogP contribution in [-0.4, -0.2) is 36.5 Å². The van der Waals surface area contributed by atoms with E-state index >= 15 is 0 Å². The van der Waals surface area contributed by atoms with Crippen LogP contribution in [0.15, 0.2) is 24.7 Å². The molecule has 0 fully saturated rings. The van der Waals surface area contributed by atoms with E-state index in [1.54, 1.807) is 18.5 Å². The number of nitrogen functional groups attached to an aromatic ring is 1. The number of hydrogen-bond donors (Lipinski definition) is 2. The fourth-order valence-corrected chi connectivity index (χ4v) is 2.88. The normalized spacial score (nSPS) is 11.1. The summed E-state index contributed by atoms with van der Waals surface area (Å²) in [5.41, 5.74) is 7.69. The van der Waals surface area contributed by atoms with Gasteiger partial charge < -0.3 is 15.6 Å². The Morgan fingerprint density at radius 2 is 2.16 bits per heavy atom. The third-order valence-corrected chi connectivity index (χ3v) is 4.17. The summed E-state index contributed by atoms with van der Waals surface area (Å²) < 4.78 is 3.92. The number of pyridine rings is 1. The first kappa shape index (κ1) is 16.9. The minimum Gasteiger partial charge on any atom is -0.369 e. The van der Waals surface area contributed by atoms with Crippen molar-refractivity contribution in [3.05, 3.63) is 36.0 Å². The van der Waals surface area contributed by atoms with Gasteiger partial charge in [0, 0.05) is 44.6 Å². The van der Waals surface area contributed by atoms with Crippen LogP contribution in [0.2, 0.25) is 0 Å². The summed E-state index contributed by atoms with van der Waals surface area (Å²) in [6.45, 7) is 6.16. The highest BCUT2D eigenvalue weighted by Crippen LogP contribution is 2.16. The number of imidazole rings is 2. The molecule has 0 saturated heterocycles. The monoisotopic (exact) mass is 341 g/mol. The lowest BCUT2D eigenvalue weighted by Crippen LogP contribution is -2.25. The van der Waals surface area contributed by atoms with Crippen LogP contribution in [0.5, 0.6) is 0 Å². The quantitative estimate of drug-likeness (QED) is 0.636. The van der Waals surface area contributed by atoms with Crippen molar-refractivity contribution >= 4 is 23.0 Å². The maximum absolute atomic E-state index is 12.3. The summed E-state index contributed by atoms with van der Waals surface area (Å²) >= 11 is 0. The van der Waals surface area contributed by atoms with E-state index in [-0.39, 0.29) is 5.91 Å². The maximum Gasteiger partial charge on any atom is 0.252 e. The first-order valence-corrected chi connectivity index (χ1v) is 8.54. The minimum absolute atomic E-state index is 0.152. The van der Waals surface area contributed by atoms with E-state index in [2.05, 4.69) is 31.8 Å². The van der Waals surface area contributed by atoms with Crippen molar-refractivity contribution in [2.45, 2.75) is 39.8 Å². The van der Waals surface area contributed by atoms with Gasteiger partial charge in [0.15, 0.2) is 5.65 Å². The van der Waals surface area contributed by atoms with Gasteiger partial charge in [-0.25, -0.2) is 15.0 Å². The number of rotatable bonds is 7. The van der Waals surface area contributed by atoms with Gasteiger partial charge in [-0.2, -0.15) is 0 Å². The van der Waals surface area contributed by atoms with Crippen LogP contribution in [0, 0.1) is 0 Å². The van der Waals surface area contributed by atoms with Crippen molar-refractivity contribution in [3.63, 3.8) is 0 Å². The Morgan fingerprint density at radius 1 is 1.32 bits per heavy atom. The van der Waals surface area contributed by atoms with Gasteiger partial charge in [-0.15, -0.1) is 0 Å². The lowest BCUT2D eigenvalue weighted by molar-refractivity contribution is 0.0952. The average molecular weight is 341 g/mol. The predicted molar refractivity (Wildman–Crippen MR) is 96.2 cm³/mol. The number of fused-ring (bicyclic) bond motifs is 1. The van der Waals surface area contributed by atoms with Crippen LogP contribution in [0.1, 0.15) is 36.5 Å². The number of anilines is 1. The van der Waals surface area contributed by atoms with Gasteiger partial charge in [0.25, 0.3) is 5.91 Å². The molecule has 0 saturated carbocycles. The number of carbonyl (C=O) groups excluding carboxylic acids is 1. The molecule has 3 aromatic rings. The molecule has 0 atom stereocenters. The molecule has 25 heavy (non-hydrogen) atoms. The fraction of sp³-hybridized carbons (Fsp3) is 0.412. The topological polar surface area (TPSA) is 104 Å². The Balaban J connectivity index is 1.59. The molecule has 0 aliphatic rings. The van der Waals surface area contributed by atoms with E-state index in [0.29, 0.717) is 35.8 Å². The molecule has 0 bridgehead atoms. The zero-order chi connectivity index (χ0) is 17.8. The molecule has 0 spiro atoms. The van der Waals surface area contributed by atoms with Gasteiger partial charge in [-0.3, -0.25) is 9.36 Å². The van der Waals surface area contributed by atoms with Gasteiger partial charge in [0.1, 0.15) is 11.3 Å². The number of amides is 1. The van der Waals surface area contributed by atoms with Crippen molar-refractivity contribution in [1.29, 1.82) is 0 Å². The first-order valence-electron chi connectivity index (χ1n) is 8.54.